The number of anilines is 1. The fourth-order valence-electron chi connectivity index (χ4n) is 3.00. The lowest BCUT2D eigenvalue weighted by molar-refractivity contribution is 0.556. The van der Waals surface area contributed by atoms with Crippen LogP contribution in [0.3, 0.4) is 0 Å². The third-order valence-electron chi connectivity index (χ3n) is 4.34. The van der Waals surface area contributed by atoms with Gasteiger partial charge in [0.25, 0.3) is 0 Å². The van der Waals surface area contributed by atoms with Crippen molar-refractivity contribution in [3.05, 3.63) is 54.0 Å². The van der Waals surface area contributed by atoms with Crippen LogP contribution >= 0.6 is 0 Å². The van der Waals surface area contributed by atoms with Crippen LogP contribution in [0, 0.1) is 0 Å². The Labute approximate surface area is 132 Å². The fraction of sp³-hybridized carbons (Fsp3) is 0.444. The predicted molar refractivity (Wildman–Crippen MR) is 90.0 cm³/mol. The van der Waals surface area contributed by atoms with E-state index in [1.807, 2.05) is 12.4 Å². The van der Waals surface area contributed by atoms with Gasteiger partial charge in [-0.3, -0.25) is 9.88 Å². The first-order valence-electron chi connectivity index (χ1n) is 8.15. The highest BCUT2D eigenvalue weighted by molar-refractivity contribution is 5.59. The second kappa shape index (κ2) is 6.34. The molecule has 0 fully saturated rings. The Morgan fingerprint density at radius 1 is 1.27 bits per heavy atom. The molecule has 22 heavy (non-hydrogen) atoms. The van der Waals surface area contributed by atoms with Crippen molar-refractivity contribution in [2.45, 2.75) is 45.4 Å². The Morgan fingerprint density at radius 3 is 2.86 bits per heavy atom. The summed E-state index contributed by atoms with van der Waals surface area (Å²) in [5.41, 5.74) is 3.59. The summed E-state index contributed by atoms with van der Waals surface area (Å²) in [6.45, 7) is 6.42. The van der Waals surface area contributed by atoms with Gasteiger partial charge < -0.3 is 4.90 Å². The number of aromatic nitrogens is 2. The number of allylic oxidation sites excluding steroid dienone is 3. The van der Waals surface area contributed by atoms with Crippen molar-refractivity contribution in [2.75, 3.05) is 11.9 Å². The average molecular weight is 296 g/mol. The van der Waals surface area contributed by atoms with E-state index in [0.29, 0.717) is 0 Å². The van der Waals surface area contributed by atoms with Crippen molar-refractivity contribution < 1.29 is 0 Å². The van der Waals surface area contributed by atoms with Gasteiger partial charge in [0.05, 0.1) is 23.8 Å². The molecule has 1 aromatic rings. The maximum atomic E-state index is 4.64. The van der Waals surface area contributed by atoms with Crippen molar-refractivity contribution in [1.29, 1.82) is 0 Å². The Hall–Kier alpha value is -2.10. The minimum atomic E-state index is 0.873. The van der Waals surface area contributed by atoms with Gasteiger partial charge in [0.15, 0.2) is 5.82 Å². The molecule has 1 aromatic heterocycles. The van der Waals surface area contributed by atoms with Crippen molar-refractivity contribution in [2.24, 2.45) is 0 Å². The van der Waals surface area contributed by atoms with Gasteiger partial charge in [-0.05, 0) is 38.2 Å². The van der Waals surface area contributed by atoms with E-state index in [1.54, 1.807) is 0 Å². The molecular formula is C18H24N4. The molecule has 0 aromatic carbocycles. The first-order valence-corrected chi connectivity index (χ1v) is 8.15. The SMILES string of the molecule is C=C1N(C)C2=C(CCCC=C2)N1c1cnc(CCCC)cn1. The van der Waals surface area contributed by atoms with Gasteiger partial charge in [-0.2, -0.15) is 0 Å². The molecular weight excluding hydrogens is 272 g/mol. The van der Waals surface area contributed by atoms with Crippen LogP contribution in [-0.4, -0.2) is 21.9 Å². The molecule has 1 aliphatic carbocycles. The molecule has 0 bridgehead atoms. The van der Waals surface area contributed by atoms with Crippen LogP contribution in [0.15, 0.2) is 48.3 Å². The topological polar surface area (TPSA) is 32.3 Å². The molecule has 0 atom stereocenters. The smallest absolute Gasteiger partial charge is 0.157 e. The molecule has 0 spiro atoms. The number of nitrogens with zero attached hydrogens (tertiary/aromatic N) is 4. The first-order chi connectivity index (χ1) is 10.7. The van der Waals surface area contributed by atoms with E-state index in [0.717, 1.165) is 49.4 Å². The highest BCUT2D eigenvalue weighted by Gasteiger charge is 2.31. The highest BCUT2D eigenvalue weighted by atomic mass is 15.4. The normalized spacial score (nSPS) is 18.0. The van der Waals surface area contributed by atoms with Crippen LogP contribution in [0.1, 0.15) is 44.7 Å². The molecule has 0 amide bonds. The monoisotopic (exact) mass is 296 g/mol. The lowest BCUT2D eigenvalue weighted by atomic mass is 10.2. The molecule has 1 aliphatic heterocycles. The largest absolute Gasteiger partial charge is 0.330 e. The van der Waals surface area contributed by atoms with E-state index in [2.05, 4.69) is 52.5 Å². The van der Waals surface area contributed by atoms with E-state index in [9.17, 15) is 0 Å². The minimum absolute atomic E-state index is 0.873. The quantitative estimate of drug-likeness (QED) is 0.841. The Balaban J connectivity index is 1.88. The lowest BCUT2D eigenvalue weighted by Crippen LogP contribution is -2.23. The summed E-state index contributed by atoms with van der Waals surface area (Å²) >= 11 is 0. The van der Waals surface area contributed by atoms with Crippen LogP contribution in [0.25, 0.3) is 0 Å². The maximum absolute atomic E-state index is 4.64. The summed E-state index contributed by atoms with van der Waals surface area (Å²) < 4.78 is 0. The van der Waals surface area contributed by atoms with E-state index < -0.39 is 0 Å². The molecule has 2 aliphatic rings. The summed E-state index contributed by atoms with van der Waals surface area (Å²) in [7, 11) is 2.07. The third kappa shape index (κ3) is 2.65. The molecule has 0 saturated carbocycles. The van der Waals surface area contributed by atoms with Gasteiger partial charge in [-0.1, -0.05) is 26.0 Å². The number of hydrogen-bond donors (Lipinski definition) is 0. The molecule has 3 rings (SSSR count). The minimum Gasteiger partial charge on any atom is -0.330 e. The van der Waals surface area contributed by atoms with Crippen molar-refractivity contribution in [3.8, 4) is 0 Å². The second-order valence-electron chi connectivity index (χ2n) is 5.91. The van der Waals surface area contributed by atoms with E-state index in [1.165, 1.54) is 17.8 Å². The van der Waals surface area contributed by atoms with Gasteiger partial charge in [-0.15, -0.1) is 0 Å². The molecule has 4 nitrogen and oxygen atoms in total. The predicted octanol–water partition coefficient (Wildman–Crippen LogP) is 3.99. The van der Waals surface area contributed by atoms with Crippen LogP contribution in [0.5, 0.6) is 0 Å². The number of unbranched alkanes of at least 4 members (excludes halogenated alkanes) is 1. The molecule has 0 radical (unpaired) electrons. The van der Waals surface area contributed by atoms with Gasteiger partial charge in [0.2, 0.25) is 0 Å². The Kier molecular flexibility index (Phi) is 4.27. The van der Waals surface area contributed by atoms with E-state index >= 15 is 0 Å². The van der Waals surface area contributed by atoms with E-state index in [-0.39, 0.29) is 0 Å². The average Bonchev–Trinajstić information content (AvgIpc) is 2.72. The molecule has 2 heterocycles. The zero-order valence-electron chi connectivity index (χ0n) is 13.5. The number of likely N-dealkylation sites (N-methyl/N-ethyl adjacent to an activating group) is 1. The summed E-state index contributed by atoms with van der Waals surface area (Å²) in [6, 6.07) is 0. The van der Waals surface area contributed by atoms with Gasteiger partial charge in [-0.25, -0.2) is 4.98 Å². The summed E-state index contributed by atoms with van der Waals surface area (Å²) in [5.74, 6) is 1.82. The Morgan fingerprint density at radius 2 is 2.14 bits per heavy atom. The zero-order valence-corrected chi connectivity index (χ0v) is 13.5. The maximum Gasteiger partial charge on any atom is 0.157 e. The Bertz CT molecular complexity index is 612. The molecule has 0 N–H and O–H groups in total. The molecule has 116 valence electrons. The van der Waals surface area contributed by atoms with Gasteiger partial charge in [0.1, 0.15) is 5.82 Å². The van der Waals surface area contributed by atoms with Crippen molar-refractivity contribution >= 4 is 5.82 Å². The first kappa shape index (κ1) is 14.8. The van der Waals surface area contributed by atoms with Crippen LogP contribution in [0.2, 0.25) is 0 Å². The van der Waals surface area contributed by atoms with Crippen LogP contribution in [0.4, 0.5) is 5.82 Å². The molecule has 0 saturated heterocycles. The standard InChI is InChI=1S/C18H24N4/c1-4-5-9-15-12-20-18(13-19-15)22-14(2)21(3)16-10-7-6-8-11-17(16)22/h7,10,12-13H,2,4-6,8-9,11H2,1,3H3. The lowest BCUT2D eigenvalue weighted by Gasteiger charge is -2.23. The van der Waals surface area contributed by atoms with Crippen molar-refractivity contribution in [3.63, 3.8) is 0 Å². The number of hydrogen-bond acceptors (Lipinski definition) is 4. The zero-order chi connectivity index (χ0) is 15.5. The van der Waals surface area contributed by atoms with Gasteiger partial charge in [0, 0.05) is 12.7 Å². The summed E-state index contributed by atoms with van der Waals surface area (Å²) in [5, 5.41) is 0. The molecule has 0 unspecified atom stereocenters. The molecule has 4 heteroatoms. The summed E-state index contributed by atoms with van der Waals surface area (Å²) in [6.07, 6.45) is 14.9. The number of aryl methyl sites for hydroxylation is 1. The van der Waals surface area contributed by atoms with Crippen LogP contribution in [-0.2, 0) is 6.42 Å². The highest BCUT2D eigenvalue weighted by Crippen LogP contribution is 2.37. The fourth-order valence-corrected chi connectivity index (χ4v) is 3.00. The van der Waals surface area contributed by atoms with Gasteiger partial charge >= 0.3 is 0 Å². The van der Waals surface area contributed by atoms with Crippen LogP contribution < -0.4 is 4.90 Å². The second-order valence-corrected chi connectivity index (χ2v) is 5.91. The van der Waals surface area contributed by atoms with Crippen molar-refractivity contribution in [1.82, 2.24) is 14.9 Å². The number of rotatable bonds is 4. The summed E-state index contributed by atoms with van der Waals surface area (Å²) in [4.78, 5) is 13.5. The van der Waals surface area contributed by atoms with E-state index in [4.69, 9.17) is 0 Å². The third-order valence-corrected chi connectivity index (χ3v) is 4.34.